The van der Waals surface area contributed by atoms with E-state index in [4.69, 9.17) is 4.74 Å². The first-order valence-electron chi connectivity index (χ1n) is 30.3. The lowest BCUT2D eigenvalue weighted by Crippen LogP contribution is -2.75. The number of allylic oxidation sites excluding steroid dienone is 1. The monoisotopic (exact) mass is 1260 g/mol. The molecule has 28 amide bonds. The van der Waals surface area contributed by atoms with Crippen LogP contribution >= 0.6 is 0 Å². The number of urea groups is 14. The van der Waals surface area contributed by atoms with Crippen molar-refractivity contribution in [2.45, 2.75) is 112 Å². The molecular weight excluding hydrogens is 1210 g/mol. The van der Waals surface area contributed by atoms with Crippen LogP contribution in [-0.2, 0) is 4.74 Å². The highest BCUT2D eigenvalue weighted by atomic mass is 16.5. The van der Waals surface area contributed by atoms with Crippen molar-refractivity contribution in [3.63, 3.8) is 0 Å². The Morgan fingerprint density at radius 1 is 0.286 bits per heavy atom. The van der Waals surface area contributed by atoms with Crippen molar-refractivity contribution >= 4 is 84.4 Å². The molecule has 91 heavy (non-hydrogen) atoms. The van der Waals surface area contributed by atoms with E-state index < -0.39 is 257 Å². The maximum absolute atomic E-state index is 16.8. The lowest BCUT2D eigenvalue weighted by molar-refractivity contribution is -0.169. The molecule has 21 rings (SSSR count). The molecule has 21 fully saturated rings. The van der Waals surface area contributed by atoms with Gasteiger partial charge in [-0.15, -0.1) is 6.58 Å². The van der Waals surface area contributed by atoms with Crippen LogP contribution in [0, 0.1) is 0 Å². The van der Waals surface area contributed by atoms with Crippen molar-refractivity contribution in [3.8, 4) is 0 Å². The topological polar surface area (TPSA) is 339 Å². The molecule has 0 aromatic heterocycles. The Bertz CT molecular complexity index is 3760. The molecule has 0 aromatic rings. The van der Waals surface area contributed by atoms with Crippen LogP contribution in [0.2, 0.25) is 0 Å². The van der Waals surface area contributed by atoms with Gasteiger partial charge in [0.05, 0.1) is 13.2 Å². The smallest absolute Gasteiger partial charge is 0.328 e. The number of hydrogen-bond acceptors (Lipinski definition) is 15. The summed E-state index contributed by atoms with van der Waals surface area (Å²) in [5.41, 5.74) is 0. The van der Waals surface area contributed by atoms with Crippen molar-refractivity contribution in [1.29, 1.82) is 0 Å². The molecule has 21 aliphatic heterocycles. The summed E-state index contributed by atoms with van der Waals surface area (Å²) in [5, 5.41) is 0. The van der Waals surface area contributed by atoms with E-state index in [0.29, 0.717) is 19.3 Å². The number of carbonyl (C=O) groups is 14. The number of ether oxygens (including phenoxy) is 1. The van der Waals surface area contributed by atoms with Gasteiger partial charge in [0, 0.05) is 0 Å². The quantitative estimate of drug-likeness (QED) is 0.178. The summed E-state index contributed by atoms with van der Waals surface area (Å²) in [6.07, 6.45) is -18.7. The Hall–Kier alpha value is -10.5. The highest BCUT2D eigenvalue weighted by Crippen LogP contribution is 2.54. The minimum absolute atomic E-state index is 0.131. The molecule has 0 aliphatic carbocycles. The Labute approximate surface area is 510 Å². The van der Waals surface area contributed by atoms with Gasteiger partial charge < -0.3 is 9.64 Å². The van der Waals surface area contributed by atoms with Gasteiger partial charge in [0.1, 0.15) is 86.2 Å². The lowest BCUT2D eigenvalue weighted by atomic mass is 10.2. The van der Waals surface area contributed by atoms with E-state index in [1.807, 2.05) is 0 Å². The van der Waals surface area contributed by atoms with E-state index in [1.165, 1.54) is 122 Å². The molecule has 21 saturated heterocycles. The second-order valence-corrected chi connectivity index (χ2v) is 26.6. The van der Waals surface area contributed by atoms with Crippen molar-refractivity contribution in [2.75, 3.05) is 93.2 Å². The Morgan fingerprint density at radius 2 is 0.538 bits per heavy atom. The van der Waals surface area contributed by atoms with Crippen molar-refractivity contribution in [3.05, 3.63) is 12.7 Å². The molecule has 474 valence electrons. The van der Waals surface area contributed by atoms with Crippen LogP contribution in [0.4, 0.5) is 67.1 Å². The van der Waals surface area contributed by atoms with Crippen LogP contribution in [0.25, 0.3) is 0 Å². The third-order valence-electron chi connectivity index (χ3n) is 23.0. The predicted molar refractivity (Wildman–Crippen MR) is 277 cm³/mol. The van der Waals surface area contributed by atoms with Gasteiger partial charge in [-0.25, -0.2) is 67.1 Å². The Balaban J connectivity index is 0.807. The second kappa shape index (κ2) is 15.2. The van der Waals surface area contributed by atoms with Gasteiger partial charge in [-0.1, -0.05) is 6.08 Å². The van der Waals surface area contributed by atoms with Crippen LogP contribution in [0.1, 0.15) is 19.3 Å². The first-order chi connectivity index (χ1) is 44.0. The molecule has 21 heterocycles. The molecule has 15 atom stereocenters. The summed E-state index contributed by atoms with van der Waals surface area (Å²) in [5.74, 6) is 0. The maximum Gasteiger partial charge on any atom is 0.328 e. The molecule has 0 N–H and O–H groups in total. The van der Waals surface area contributed by atoms with E-state index in [9.17, 15) is 0 Å². The molecular formula is C48H52N28O15. The highest BCUT2D eigenvalue weighted by molar-refractivity contribution is 5.96. The molecule has 0 saturated carbocycles. The molecule has 43 heteroatoms. The SMILES string of the molecule is C=CCCCCOC1N2C(=O)N3CN4C(=O)N5CN6C(=O)N7CN8C(=O)N9CN%10C(=O)N%11CN%12C(=O)N%13CN%14C(=O)N1C1C%14N%14CN%15CC%12N(CN%12C(=O)N(C%10C%11%12)C%13N%10C(=O)N(CN%11C(=O)N(CN%12C(=O)N(CN%13C(=O)N(CN1C%14=O)C2C%133)C4C%125)C6C7%11)C8C9%10)C%15=O. The number of unbranched alkanes of at least 4 members (excludes halogenated alkanes) is 2. The van der Waals surface area contributed by atoms with E-state index in [0.717, 1.165) is 14.7 Å². The molecule has 43 nitrogen and oxygen atoms in total. The van der Waals surface area contributed by atoms with Gasteiger partial charge >= 0.3 is 84.4 Å². The van der Waals surface area contributed by atoms with Gasteiger partial charge in [-0.3, -0.25) is 132 Å². The largest absolute Gasteiger partial charge is 0.340 e. The minimum Gasteiger partial charge on any atom is -0.340 e. The number of fused-ring (bicyclic) bond motifs is 4. The molecule has 21 aliphatic rings. The van der Waals surface area contributed by atoms with E-state index in [1.54, 1.807) is 6.08 Å². The third kappa shape index (κ3) is 5.01. The second-order valence-electron chi connectivity index (χ2n) is 26.6. The molecule has 0 aromatic carbocycles. The number of amides is 28. The molecule has 15 unspecified atom stereocenters. The Kier molecular flexibility index (Phi) is 8.24. The lowest BCUT2D eigenvalue weighted by Gasteiger charge is -2.52. The number of nitrogens with zero attached hydrogens (tertiary/aromatic N) is 28. The van der Waals surface area contributed by atoms with Crippen molar-refractivity contribution in [2.24, 2.45) is 0 Å². The van der Waals surface area contributed by atoms with E-state index in [2.05, 4.69) is 6.58 Å². The fourth-order valence-electron chi connectivity index (χ4n) is 19.4. The van der Waals surface area contributed by atoms with Crippen LogP contribution in [0.3, 0.4) is 0 Å². The van der Waals surface area contributed by atoms with Gasteiger partial charge in [0.15, 0.2) is 80.3 Å². The van der Waals surface area contributed by atoms with Crippen LogP contribution < -0.4 is 0 Å². The number of hydrogen-bond donors (Lipinski definition) is 0. The summed E-state index contributed by atoms with van der Waals surface area (Å²) in [6, 6.07) is -11.4. The molecule has 9 bridgehead atoms. The zero-order valence-electron chi connectivity index (χ0n) is 47.6. The summed E-state index contributed by atoms with van der Waals surface area (Å²) in [7, 11) is 0. The number of carbonyl (C=O) groups excluding carboxylic acids is 14. The van der Waals surface area contributed by atoms with Gasteiger partial charge in [0.2, 0.25) is 6.35 Å². The first kappa shape index (κ1) is 49.4. The third-order valence-corrected chi connectivity index (χ3v) is 23.0. The fraction of sp³-hybridized carbons (Fsp3) is 0.667. The maximum atomic E-state index is 16.8. The zero-order chi connectivity index (χ0) is 61.3. The average Bonchev–Trinajstić information content (AvgIpc) is 1.52. The summed E-state index contributed by atoms with van der Waals surface area (Å²) in [6.45, 7) is -3.84. The highest BCUT2D eigenvalue weighted by Gasteiger charge is 2.78. The van der Waals surface area contributed by atoms with Crippen molar-refractivity contribution < 1.29 is 71.9 Å². The first-order valence-corrected chi connectivity index (χ1v) is 30.3. The van der Waals surface area contributed by atoms with Crippen molar-refractivity contribution in [1.82, 2.24) is 137 Å². The summed E-state index contributed by atoms with van der Waals surface area (Å²) < 4.78 is 6.86. The minimum atomic E-state index is -2.01. The van der Waals surface area contributed by atoms with Gasteiger partial charge in [0.25, 0.3) is 0 Å². The molecule has 0 radical (unpaired) electrons. The summed E-state index contributed by atoms with van der Waals surface area (Å²) in [4.78, 5) is 258. The number of rotatable bonds is 6. The standard InChI is InChI=1S/C48H52N28O15/c1-2-3-4-5-6-91-48-75-31-27-52-8-49-7-20-50(34(49)77)9-64-25-29-68-17-69-30-26-62(42(69)85)13-58-23-21-54(37(58)80)12-57-22-24-59(14-63-28-32(71(43(63)86)18-70(31)36(52)79)76(48)46(89)66(28)16-61(24)40(57)83)38(81)55(22)11-56(21)39(82)60(23)15-65(26)45(88)74(30)33(73(29)44(64)87)72(19-67(27)47(75)90)35(78)51(20)10-53(25)41(68)84/h2,20-33,48H,1,3-19H2. The average molecular weight is 1260 g/mol. The van der Waals surface area contributed by atoms with E-state index in [-0.39, 0.29) is 13.2 Å². The summed E-state index contributed by atoms with van der Waals surface area (Å²) >= 11 is 0. The fourth-order valence-corrected chi connectivity index (χ4v) is 19.4. The van der Waals surface area contributed by atoms with Crippen LogP contribution in [-0.4, -0.2) is 408 Å². The van der Waals surface area contributed by atoms with Crippen LogP contribution in [0.5, 0.6) is 0 Å². The van der Waals surface area contributed by atoms with Gasteiger partial charge in [-0.2, -0.15) is 0 Å². The van der Waals surface area contributed by atoms with Crippen LogP contribution in [0.15, 0.2) is 12.7 Å². The van der Waals surface area contributed by atoms with Gasteiger partial charge in [-0.05, 0) is 19.3 Å². The normalized spacial score (nSPS) is 38.9. The van der Waals surface area contributed by atoms with E-state index >= 15 is 67.1 Å². The molecule has 0 spiro atoms. The Morgan fingerprint density at radius 3 is 0.890 bits per heavy atom. The predicted octanol–water partition coefficient (Wildman–Crippen LogP) is -4.91. The zero-order valence-corrected chi connectivity index (χ0v) is 47.6.